The lowest BCUT2D eigenvalue weighted by Crippen LogP contribution is -2.48. The van der Waals surface area contributed by atoms with Crippen LogP contribution in [0.4, 0.5) is 28.7 Å². The van der Waals surface area contributed by atoms with Crippen molar-refractivity contribution < 1.29 is 14.4 Å². The standard InChI is InChI=1S/2C16H15Cl2N5O2.C12H12BrClN2O2.C4H4ClN3/c2*17-9-6-11(21-13-10(18)7-19-8-20-13)15(25)23-12(9)14(24)22-16(23)4-2-1-3-5-16;13-7-6-8(14)9-10(17)15-12(16(9)11(7)18)4-2-1-3-5-12;5-3-1-7-8-2-4(3)6/h2*6-8H,1-5H2,(H,22,24)(H,19,20,21);6H,1-5H2,(H,15,17);1-2H,(H2,6,7). The molecule has 12 rings (SSSR count). The summed E-state index contributed by atoms with van der Waals surface area (Å²) in [6.07, 6.45) is 21.8. The first-order valence-corrected chi connectivity index (χ1v) is 27.1. The summed E-state index contributed by atoms with van der Waals surface area (Å²) in [6.45, 7) is 0. The van der Waals surface area contributed by atoms with Crippen molar-refractivity contribution in [2.24, 2.45) is 0 Å². The van der Waals surface area contributed by atoms with Gasteiger partial charge < -0.3 is 32.3 Å². The lowest BCUT2D eigenvalue weighted by molar-refractivity contribution is 0.0867. The number of hydrogen-bond acceptors (Lipinski definition) is 15. The fraction of sp³-hybridized carbons (Fsp3) is 0.375. The first-order valence-electron chi connectivity index (χ1n) is 24.1. The molecular formula is C48H46BrCl6N15O6. The highest BCUT2D eigenvalue weighted by Crippen LogP contribution is 2.42. The Morgan fingerprint density at radius 3 is 1.17 bits per heavy atom. The molecule has 0 atom stereocenters. The third-order valence-corrected chi connectivity index (χ3v) is 16.3. The van der Waals surface area contributed by atoms with E-state index < -0.39 is 17.0 Å². The topological polar surface area (TPSA) is 281 Å². The molecule has 0 bridgehead atoms. The number of halogens is 7. The monoisotopic (exact) mass is 1220 g/mol. The van der Waals surface area contributed by atoms with Crippen LogP contribution in [0.2, 0.25) is 30.1 Å². The van der Waals surface area contributed by atoms with E-state index >= 15 is 0 Å². The van der Waals surface area contributed by atoms with Crippen LogP contribution < -0.4 is 49.0 Å². The van der Waals surface area contributed by atoms with Crippen LogP contribution in [0.15, 0.2) is 74.5 Å². The molecule has 3 spiro atoms. The van der Waals surface area contributed by atoms with Gasteiger partial charge in [0.25, 0.3) is 34.4 Å². The van der Waals surface area contributed by atoms with Gasteiger partial charge in [0, 0.05) is 0 Å². The maximum atomic E-state index is 13.1. The first-order chi connectivity index (χ1) is 36.4. The average Bonchev–Trinajstić information content (AvgIpc) is 4.04. The third kappa shape index (κ3) is 10.6. The molecule has 3 aliphatic carbocycles. The van der Waals surface area contributed by atoms with Gasteiger partial charge in [-0.2, -0.15) is 10.2 Å². The molecule has 0 unspecified atom stereocenters. The van der Waals surface area contributed by atoms with Gasteiger partial charge in [-0.25, -0.2) is 19.9 Å². The van der Waals surface area contributed by atoms with E-state index in [1.807, 2.05) is 0 Å². The Hall–Kier alpha value is -5.88. The van der Waals surface area contributed by atoms with Crippen LogP contribution >= 0.6 is 85.5 Å². The average molecular weight is 1220 g/mol. The zero-order valence-electron chi connectivity index (χ0n) is 40.0. The summed E-state index contributed by atoms with van der Waals surface area (Å²) in [5.74, 6) is -0.251. The summed E-state index contributed by atoms with van der Waals surface area (Å²) in [6, 6.07) is 4.38. The van der Waals surface area contributed by atoms with Gasteiger partial charge in [0.05, 0.1) is 55.0 Å². The Labute approximate surface area is 471 Å². The number of anilines is 5. The molecule has 6 aromatic rings. The summed E-state index contributed by atoms with van der Waals surface area (Å²) in [4.78, 5) is 91.1. The van der Waals surface area contributed by atoms with Gasteiger partial charge in [-0.3, -0.25) is 42.5 Å². The second-order valence-electron chi connectivity index (χ2n) is 18.7. The number of rotatable bonds is 4. The summed E-state index contributed by atoms with van der Waals surface area (Å²) >= 11 is 39.5. The zero-order chi connectivity index (χ0) is 54.1. The van der Waals surface area contributed by atoms with E-state index in [4.69, 9.17) is 75.3 Å². The number of fused-ring (bicyclic) bond motifs is 6. The van der Waals surface area contributed by atoms with E-state index in [1.54, 1.807) is 4.57 Å². The fourth-order valence-corrected chi connectivity index (χ4v) is 12.4. The number of nitrogens with zero attached hydrogens (tertiary/aromatic N) is 9. The Balaban J connectivity index is 0.000000131. The maximum absolute atomic E-state index is 13.1. The minimum atomic E-state index is -0.696. The van der Waals surface area contributed by atoms with Crippen LogP contribution in [-0.4, -0.2) is 61.6 Å². The SMILES string of the molecule is Nc1cnncc1Cl.O=C1NC2(CCCCC2)n2c1c(Cl)cc(Br)c2=O.O=C1NC2(CCCCC2)n2c1c(Cl)cc(Nc1ncncc1Cl)c2=O.O=C1NC2(CCCCC2)n2c1c(Cl)cc(Nc1ncncc1Cl)c2=O. The van der Waals surface area contributed by atoms with Gasteiger partial charge in [-0.05, 0) is 111 Å². The lowest BCUT2D eigenvalue weighted by atomic mass is 9.89. The van der Waals surface area contributed by atoms with Crippen molar-refractivity contribution in [3.05, 3.63) is 138 Å². The number of nitrogens with one attached hydrogen (secondary N) is 5. The molecule has 21 nitrogen and oxygen atoms in total. The number of hydrogen-bond donors (Lipinski definition) is 6. The van der Waals surface area contributed by atoms with E-state index in [1.165, 1.54) is 64.8 Å². The van der Waals surface area contributed by atoms with Gasteiger partial charge in [-0.1, -0.05) is 88.9 Å². The largest absolute Gasteiger partial charge is 0.396 e. The quantitative estimate of drug-likeness (QED) is 0.0959. The molecule has 28 heteroatoms. The summed E-state index contributed by atoms with van der Waals surface area (Å²) in [5.41, 5.74) is 4.12. The number of amides is 3. The molecule has 3 fully saturated rings. The van der Waals surface area contributed by atoms with Crippen LogP contribution in [0.1, 0.15) is 128 Å². The van der Waals surface area contributed by atoms with Crippen molar-refractivity contribution in [1.29, 1.82) is 0 Å². The second kappa shape index (κ2) is 22.6. The van der Waals surface area contributed by atoms with E-state index in [0.29, 0.717) is 63.2 Å². The molecular weight excluding hydrogens is 1180 g/mol. The first kappa shape index (κ1) is 54.9. The fourth-order valence-electron chi connectivity index (χ4n) is 10.6. The molecule has 0 saturated heterocycles. The third-order valence-electron chi connectivity index (χ3n) is 14.0. The number of aromatic nitrogens is 9. The number of nitrogen functional groups attached to an aromatic ring is 1. The van der Waals surface area contributed by atoms with Crippen LogP contribution in [0.25, 0.3) is 0 Å². The summed E-state index contributed by atoms with van der Waals surface area (Å²) in [5, 5.41) is 23.5. The van der Waals surface area contributed by atoms with Crippen molar-refractivity contribution in [3.8, 4) is 0 Å². The summed E-state index contributed by atoms with van der Waals surface area (Å²) in [7, 11) is 0. The van der Waals surface area contributed by atoms with E-state index in [-0.39, 0.29) is 77.3 Å². The minimum absolute atomic E-state index is 0.186. The minimum Gasteiger partial charge on any atom is -0.396 e. The number of carbonyl (C=O) groups is 3. The molecule has 3 saturated carbocycles. The molecule has 9 heterocycles. The van der Waals surface area contributed by atoms with Crippen LogP contribution in [0, 0.1) is 0 Å². The molecule has 398 valence electrons. The zero-order valence-corrected chi connectivity index (χ0v) is 46.1. The molecule has 0 radical (unpaired) electrons. The van der Waals surface area contributed by atoms with Gasteiger partial charge in [0.15, 0.2) is 11.6 Å². The lowest BCUT2D eigenvalue weighted by Gasteiger charge is -2.35. The van der Waals surface area contributed by atoms with Crippen LogP contribution in [0.3, 0.4) is 0 Å². The van der Waals surface area contributed by atoms with E-state index in [9.17, 15) is 28.8 Å². The van der Waals surface area contributed by atoms with Crippen molar-refractivity contribution in [2.75, 3.05) is 16.4 Å². The van der Waals surface area contributed by atoms with Gasteiger partial charge >= 0.3 is 0 Å². The smallest absolute Gasteiger partial charge is 0.276 e. The molecule has 6 aliphatic rings. The maximum Gasteiger partial charge on any atom is 0.276 e. The molecule has 6 aromatic heterocycles. The molecule has 0 aromatic carbocycles. The summed E-state index contributed by atoms with van der Waals surface area (Å²) < 4.78 is 4.97. The van der Waals surface area contributed by atoms with Crippen molar-refractivity contribution in [3.63, 3.8) is 0 Å². The van der Waals surface area contributed by atoms with E-state index in [0.717, 1.165) is 70.6 Å². The normalized spacial score (nSPS) is 17.8. The Morgan fingerprint density at radius 1 is 0.474 bits per heavy atom. The highest BCUT2D eigenvalue weighted by molar-refractivity contribution is 9.10. The predicted octanol–water partition coefficient (Wildman–Crippen LogP) is 9.43. The number of pyridine rings is 3. The van der Waals surface area contributed by atoms with Gasteiger partial charge in [0.1, 0.15) is 68.1 Å². The van der Waals surface area contributed by atoms with E-state index in [2.05, 4.69) is 72.6 Å². The van der Waals surface area contributed by atoms with Crippen LogP contribution in [0.5, 0.6) is 0 Å². The molecule has 7 N–H and O–H groups in total. The number of carbonyl (C=O) groups excluding carboxylic acids is 3. The van der Waals surface area contributed by atoms with Crippen LogP contribution in [-0.2, 0) is 17.0 Å². The van der Waals surface area contributed by atoms with Crippen molar-refractivity contribution >= 4 is 132 Å². The number of nitrogens with two attached hydrogens (primary N) is 1. The predicted molar refractivity (Wildman–Crippen MR) is 293 cm³/mol. The molecule has 76 heavy (non-hydrogen) atoms. The highest BCUT2D eigenvalue weighted by Gasteiger charge is 2.48. The highest BCUT2D eigenvalue weighted by atomic mass is 79.9. The van der Waals surface area contributed by atoms with Gasteiger partial charge in [-0.15, -0.1) is 0 Å². The van der Waals surface area contributed by atoms with Crippen molar-refractivity contribution in [2.45, 2.75) is 113 Å². The van der Waals surface area contributed by atoms with Gasteiger partial charge in [0.2, 0.25) is 0 Å². The molecule has 3 aliphatic heterocycles. The Morgan fingerprint density at radius 2 is 0.829 bits per heavy atom. The molecule has 3 amide bonds. The second-order valence-corrected chi connectivity index (χ2v) is 22.0. The Bertz CT molecular complexity index is 3300. The Kier molecular flexibility index (Phi) is 16.3. The van der Waals surface area contributed by atoms with Crippen molar-refractivity contribution in [1.82, 2.24) is 59.8 Å².